The van der Waals surface area contributed by atoms with Crippen molar-refractivity contribution in [2.75, 3.05) is 11.9 Å². The van der Waals surface area contributed by atoms with E-state index in [0.29, 0.717) is 16.8 Å². The van der Waals surface area contributed by atoms with Crippen LogP contribution in [0.2, 0.25) is 5.02 Å². The third kappa shape index (κ3) is 1.66. The summed E-state index contributed by atoms with van der Waals surface area (Å²) in [6.07, 6.45) is 4.58. The Kier molecular flexibility index (Phi) is 2.62. The van der Waals surface area contributed by atoms with E-state index in [9.17, 15) is 4.79 Å². The molecular weight excluding hydrogens is 234 g/mol. The van der Waals surface area contributed by atoms with Gasteiger partial charge in [-0.2, -0.15) is 0 Å². The van der Waals surface area contributed by atoms with Crippen LogP contribution >= 0.6 is 11.6 Å². The number of halogens is 1. The third-order valence-electron chi connectivity index (χ3n) is 4.17. The fourth-order valence-electron chi connectivity index (χ4n) is 3.27. The summed E-state index contributed by atoms with van der Waals surface area (Å²) < 4.78 is 0. The molecule has 0 radical (unpaired) electrons. The van der Waals surface area contributed by atoms with Crippen LogP contribution in [0.4, 0.5) is 5.69 Å². The normalized spacial score (nSPS) is 27.6. The first-order valence-electron chi connectivity index (χ1n) is 6.25. The maximum absolute atomic E-state index is 12.5. The van der Waals surface area contributed by atoms with Crippen LogP contribution in [0.3, 0.4) is 0 Å². The van der Waals surface area contributed by atoms with Gasteiger partial charge in [0.25, 0.3) is 0 Å². The first-order chi connectivity index (χ1) is 8.18. The molecule has 1 aliphatic carbocycles. The molecule has 1 aliphatic heterocycles. The standard InChI is InChI=1S/C14H16ClNO/c1-16-12-5-3-2-4-10(12)14(17)11-8-9(15)6-7-13(11)16/h6-8,10,12H,2-5H2,1H3. The Bertz CT molecular complexity index is 471. The average molecular weight is 250 g/mol. The van der Waals surface area contributed by atoms with Crippen molar-refractivity contribution in [1.29, 1.82) is 0 Å². The summed E-state index contributed by atoms with van der Waals surface area (Å²) in [7, 11) is 2.10. The number of nitrogens with zero attached hydrogens (tertiary/aromatic N) is 1. The van der Waals surface area contributed by atoms with Crippen molar-refractivity contribution in [3.05, 3.63) is 28.8 Å². The molecule has 1 aromatic carbocycles. The highest BCUT2D eigenvalue weighted by Gasteiger charge is 2.39. The summed E-state index contributed by atoms with van der Waals surface area (Å²) in [5, 5.41) is 0.653. The SMILES string of the molecule is CN1c2ccc(Cl)cc2C(=O)C2CCCCC21. The van der Waals surface area contributed by atoms with Crippen molar-refractivity contribution in [3.8, 4) is 0 Å². The number of carbonyl (C=O) groups excluding carboxylic acids is 1. The minimum Gasteiger partial charge on any atom is -0.370 e. The van der Waals surface area contributed by atoms with Gasteiger partial charge in [0.05, 0.1) is 0 Å². The number of fused-ring (bicyclic) bond motifs is 2. The number of hydrogen-bond acceptors (Lipinski definition) is 2. The molecule has 1 aromatic rings. The minimum absolute atomic E-state index is 0.180. The summed E-state index contributed by atoms with van der Waals surface area (Å²) in [6.45, 7) is 0. The monoisotopic (exact) mass is 249 g/mol. The van der Waals surface area contributed by atoms with Crippen molar-refractivity contribution >= 4 is 23.1 Å². The lowest BCUT2D eigenvalue weighted by Crippen LogP contribution is -2.47. The highest BCUT2D eigenvalue weighted by atomic mass is 35.5. The third-order valence-corrected chi connectivity index (χ3v) is 4.40. The lowest BCUT2D eigenvalue weighted by molar-refractivity contribution is 0.0856. The molecule has 3 rings (SSSR count). The largest absolute Gasteiger partial charge is 0.370 e. The maximum Gasteiger partial charge on any atom is 0.170 e. The van der Waals surface area contributed by atoms with E-state index in [0.717, 1.165) is 24.1 Å². The summed E-state index contributed by atoms with van der Waals surface area (Å²) in [4.78, 5) is 14.7. The van der Waals surface area contributed by atoms with E-state index in [4.69, 9.17) is 11.6 Å². The lowest BCUT2D eigenvalue weighted by atomic mass is 9.76. The Labute approximate surface area is 107 Å². The molecule has 0 aromatic heterocycles. The Morgan fingerprint density at radius 3 is 2.88 bits per heavy atom. The second kappa shape index (κ2) is 4.02. The molecule has 2 nitrogen and oxygen atoms in total. The van der Waals surface area contributed by atoms with Gasteiger partial charge in [0.15, 0.2) is 5.78 Å². The Hall–Kier alpha value is -1.02. The second-order valence-electron chi connectivity index (χ2n) is 5.09. The van der Waals surface area contributed by atoms with E-state index in [1.165, 1.54) is 12.8 Å². The number of hydrogen-bond donors (Lipinski definition) is 0. The van der Waals surface area contributed by atoms with Crippen LogP contribution in [0.5, 0.6) is 0 Å². The molecule has 0 saturated heterocycles. The van der Waals surface area contributed by atoms with Gasteiger partial charge in [-0.05, 0) is 31.0 Å². The fraction of sp³-hybridized carbons (Fsp3) is 0.500. The zero-order valence-corrected chi connectivity index (χ0v) is 10.7. The van der Waals surface area contributed by atoms with E-state index in [1.54, 1.807) is 0 Å². The van der Waals surface area contributed by atoms with Crippen molar-refractivity contribution < 1.29 is 4.79 Å². The number of carbonyl (C=O) groups is 1. The van der Waals surface area contributed by atoms with Crippen LogP contribution in [0.15, 0.2) is 18.2 Å². The van der Waals surface area contributed by atoms with Crippen molar-refractivity contribution in [2.24, 2.45) is 5.92 Å². The van der Waals surface area contributed by atoms with E-state index in [1.807, 2.05) is 18.2 Å². The topological polar surface area (TPSA) is 20.3 Å². The maximum atomic E-state index is 12.5. The van der Waals surface area contributed by atoms with Gasteiger partial charge in [0, 0.05) is 35.3 Å². The van der Waals surface area contributed by atoms with Crippen LogP contribution in [-0.2, 0) is 0 Å². The predicted molar refractivity (Wildman–Crippen MR) is 69.9 cm³/mol. The van der Waals surface area contributed by atoms with Gasteiger partial charge < -0.3 is 4.90 Å². The Morgan fingerprint density at radius 2 is 2.06 bits per heavy atom. The molecule has 0 spiro atoms. The molecule has 0 N–H and O–H groups in total. The van der Waals surface area contributed by atoms with Crippen molar-refractivity contribution in [2.45, 2.75) is 31.7 Å². The van der Waals surface area contributed by atoms with E-state index in [2.05, 4.69) is 11.9 Å². The summed E-state index contributed by atoms with van der Waals surface area (Å²) in [6, 6.07) is 6.05. The van der Waals surface area contributed by atoms with Crippen LogP contribution in [-0.4, -0.2) is 18.9 Å². The molecule has 1 saturated carbocycles. The fourth-order valence-corrected chi connectivity index (χ4v) is 3.44. The summed E-state index contributed by atoms with van der Waals surface area (Å²) in [5.41, 5.74) is 1.85. The zero-order valence-electron chi connectivity index (χ0n) is 9.95. The van der Waals surface area contributed by atoms with Crippen LogP contribution in [0.1, 0.15) is 36.0 Å². The molecule has 2 unspecified atom stereocenters. The van der Waals surface area contributed by atoms with E-state index < -0.39 is 0 Å². The first kappa shape index (κ1) is 11.1. The van der Waals surface area contributed by atoms with Crippen LogP contribution in [0.25, 0.3) is 0 Å². The molecule has 0 bridgehead atoms. The smallest absolute Gasteiger partial charge is 0.170 e. The highest BCUT2D eigenvalue weighted by Crippen LogP contribution is 2.40. The lowest BCUT2D eigenvalue weighted by Gasteiger charge is -2.43. The molecule has 1 heterocycles. The molecule has 90 valence electrons. The molecule has 2 atom stereocenters. The number of benzene rings is 1. The first-order valence-corrected chi connectivity index (χ1v) is 6.63. The zero-order chi connectivity index (χ0) is 12.0. The quantitative estimate of drug-likeness (QED) is 0.701. The van der Waals surface area contributed by atoms with Gasteiger partial charge in [0.1, 0.15) is 0 Å². The molecule has 3 heteroatoms. The number of ketones is 1. The Morgan fingerprint density at radius 1 is 1.29 bits per heavy atom. The van der Waals surface area contributed by atoms with Gasteiger partial charge in [-0.25, -0.2) is 0 Å². The van der Waals surface area contributed by atoms with Crippen molar-refractivity contribution in [3.63, 3.8) is 0 Å². The van der Waals surface area contributed by atoms with Crippen LogP contribution in [0, 0.1) is 5.92 Å². The van der Waals surface area contributed by atoms with Crippen LogP contribution < -0.4 is 4.90 Å². The number of rotatable bonds is 0. The molecule has 1 fully saturated rings. The summed E-state index contributed by atoms with van der Waals surface area (Å²) in [5.74, 6) is 0.477. The Balaban J connectivity index is 2.10. The molecule has 2 aliphatic rings. The van der Waals surface area contributed by atoms with Gasteiger partial charge >= 0.3 is 0 Å². The van der Waals surface area contributed by atoms with Gasteiger partial charge in [-0.3, -0.25) is 4.79 Å². The predicted octanol–water partition coefficient (Wildman–Crippen LogP) is 3.53. The van der Waals surface area contributed by atoms with Gasteiger partial charge in [0.2, 0.25) is 0 Å². The number of Topliss-reactive ketones (excluding diaryl/α,β-unsaturated/α-hetero) is 1. The van der Waals surface area contributed by atoms with E-state index in [-0.39, 0.29) is 5.92 Å². The van der Waals surface area contributed by atoms with E-state index >= 15 is 0 Å². The summed E-state index contributed by atoms with van der Waals surface area (Å²) >= 11 is 5.99. The molecule has 17 heavy (non-hydrogen) atoms. The van der Waals surface area contributed by atoms with Gasteiger partial charge in [-0.15, -0.1) is 0 Å². The number of anilines is 1. The van der Waals surface area contributed by atoms with Crippen molar-refractivity contribution in [1.82, 2.24) is 0 Å². The second-order valence-corrected chi connectivity index (χ2v) is 5.53. The molecule has 0 amide bonds. The molecular formula is C14H16ClNO. The van der Waals surface area contributed by atoms with Gasteiger partial charge in [-0.1, -0.05) is 24.4 Å². The average Bonchev–Trinajstić information content (AvgIpc) is 2.36. The minimum atomic E-state index is 0.180. The highest BCUT2D eigenvalue weighted by molar-refractivity contribution is 6.31.